The van der Waals surface area contributed by atoms with Crippen LogP contribution in [0.25, 0.3) is 0 Å². The van der Waals surface area contributed by atoms with Crippen molar-refractivity contribution in [2.45, 2.75) is 25.8 Å². The number of benzene rings is 2. The lowest BCUT2D eigenvalue weighted by molar-refractivity contribution is 0.623. The summed E-state index contributed by atoms with van der Waals surface area (Å²) in [6.45, 7) is 2.07. The van der Waals surface area contributed by atoms with Crippen LogP contribution in [-0.2, 0) is 6.42 Å². The largest absolute Gasteiger partial charge is 0.382 e. The van der Waals surface area contributed by atoms with Crippen LogP contribution in [-0.4, -0.2) is 6.04 Å². The molecular formula is C17H17FN2. The SMILES string of the molecule is CC(CCc1ccccc1)Nc1ccc(C#N)c(F)c1. The monoisotopic (exact) mass is 268 g/mol. The Morgan fingerprint density at radius 2 is 1.95 bits per heavy atom. The summed E-state index contributed by atoms with van der Waals surface area (Å²) in [5.74, 6) is -0.479. The summed E-state index contributed by atoms with van der Waals surface area (Å²) in [5, 5.41) is 11.9. The molecule has 0 aliphatic heterocycles. The smallest absolute Gasteiger partial charge is 0.143 e. The Bertz CT molecular complexity index is 602. The second kappa shape index (κ2) is 6.72. The molecule has 20 heavy (non-hydrogen) atoms. The molecule has 2 aromatic rings. The molecule has 0 aliphatic rings. The lowest BCUT2D eigenvalue weighted by Gasteiger charge is -2.15. The Morgan fingerprint density at radius 1 is 1.20 bits per heavy atom. The van der Waals surface area contributed by atoms with Crippen LogP contribution in [0, 0.1) is 17.1 Å². The van der Waals surface area contributed by atoms with E-state index in [4.69, 9.17) is 5.26 Å². The van der Waals surface area contributed by atoms with E-state index in [1.165, 1.54) is 17.7 Å². The van der Waals surface area contributed by atoms with Gasteiger partial charge < -0.3 is 5.32 Å². The van der Waals surface area contributed by atoms with Crippen molar-refractivity contribution in [2.24, 2.45) is 0 Å². The number of anilines is 1. The Labute approximate surface area is 118 Å². The molecule has 0 saturated carbocycles. The van der Waals surface area contributed by atoms with E-state index >= 15 is 0 Å². The summed E-state index contributed by atoms with van der Waals surface area (Å²) < 4.78 is 13.5. The quantitative estimate of drug-likeness (QED) is 0.885. The Kier molecular flexibility index (Phi) is 4.73. The first kappa shape index (κ1) is 14.1. The molecular weight excluding hydrogens is 251 g/mol. The summed E-state index contributed by atoms with van der Waals surface area (Å²) in [6.07, 6.45) is 1.94. The van der Waals surface area contributed by atoms with Crippen LogP contribution >= 0.6 is 0 Å². The van der Waals surface area contributed by atoms with Crippen molar-refractivity contribution in [3.8, 4) is 6.07 Å². The topological polar surface area (TPSA) is 35.8 Å². The Morgan fingerprint density at radius 3 is 2.60 bits per heavy atom. The van der Waals surface area contributed by atoms with E-state index < -0.39 is 5.82 Å². The van der Waals surface area contributed by atoms with Crippen molar-refractivity contribution in [1.29, 1.82) is 5.26 Å². The minimum absolute atomic E-state index is 0.0764. The van der Waals surface area contributed by atoms with E-state index in [-0.39, 0.29) is 11.6 Å². The molecule has 1 unspecified atom stereocenters. The molecule has 0 amide bonds. The van der Waals surface area contributed by atoms with Gasteiger partial charge in [-0.3, -0.25) is 0 Å². The van der Waals surface area contributed by atoms with Crippen LogP contribution in [0.2, 0.25) is 0 Å². The molecule has 0 radical (unpaired) electrons. The molecule has 102 valence electrons. The molecule has 0 aliphatic carbocycles. The van der Waals surface area contributed by atoms with Gasteiger partial charge in [0, 0.05) is 11.7 Å². The summed E-state index contributed by atoms with van der Waals surface area (Å²) in [4.78, 5) is 0. The first-order chi connectivity index (χ1) is 9.69. The normalized spacial score (nSPS) is 11.7. The molecule has 3 heteroatoms. The van der Waals surface area contributed by atoms with Gasteiger partial charge in [0.1, 0.15) is 11.9 Å². The average Bonchev–Trinajstić information content (AvgIpc) is 2.46. The van der Waals surface area contributed by atoms with E-state index in [9.17, 15) is 4.39 Å². The number of nitrogens with zero attached hydrogens (tertiary/aromatic N) is 1. The van der Waals surface area contributed by atoms with E-state index in [0.717, 1.165) is 12.8 Å². The van der Waals surface area contributed by atoms with Gasteiger partial charge in [0.05, 0.1) is 5.56 Å². The van der Waals surface area contributed by atoms with Crippen molar-refractivity contribution in [1.82, 2.24) is 0 Å². The van der Waals surface area contributed by atoms with Gasteiger partial charge in [-0.15, -0.1) is 0 Å². The molecule has 2 rings (SSSR count). The third-order valence-corrected chi connectivity index (χ3v) is 3.21. The van der Waals surface area contributed by atoms with Gasteiger partial charge in [0.25, 0.3) is 0 Å². The second-order valence-electron chi connectivity index (χ2n) is 4.88. The first-order valence-electron chi connectivity index (χ1n) is 6.69. The molecule has 1 atom stereocenters. The van der Waals surface area contributed by atoms with Gasteiger partial charge >= 0.3 is 0 Å². The van der Waals surface area contributed by atoms with Crippen molar-refractivity contribution < 1.29 is 4.39 Å². The molecule has 2 nitrogen and oxygen atoms in total. The summed E-state index contributed by atoms with van der Waals surface area (Å²) in [6, 6.07) is 16.9. The van der Waals surface area contributed by atoms with Crippen molar-refractivity contribution >= 4 is 5.69 Å². The molecule has 0 fully saturated rings. The predicted molar refractivity (Wildman–Crippen MR) is 79.0 cm³/mol. The third kappa shape index (κ3) is 3.83. The minimum Gasteiger partial charge on any atom is -0.382 e. The van der Waals surface area contributed by atoms with Gasteiger partial charge in [-0.05, 0) is 43.5 Å². The van der Waals surface area contributed by atoms with Gasteiger partial charge in [-0.2, -0.15) is 5.26 Å². The third-order valence-electron chi connectivity index (χ3n) is 3.21. The molecule has 0 bridgehead atoms. The van der Waals surface area contributed by atoms with Gasteiger partial charge in [-0.25, -0.2) is 4.39 Å². The van der Waals surface area contributed by atoms with Crippen molar-refractivity contribution in [3.63, 3.8) is 0 Å². The van der Waals surface area contributed by atoms with E-state index in [1.807, 2.05) is 24.3 Å². The van der Waals surface area contributed by atoms with E-state index in [2.05, 4.69) is 24.4 Å². The van der Waals surface area contributed by atoms with Crippen LogP contribution in [0.15, 0.2) is 48.5 Å². The lowest BCUT2D eigenvalue weighted by Crippen LogP contribution is -2.16. The van der Waals surface area contributed by atoms with Crippen LogP contribution in [0.3, 0.4) is 0 Å². The van der Waals surface area contributed by atoms with Crippen LogP contribution in [0.5, 0.6) is 0 Å². The maximum absolute atomic E-state index is 13.5. The minimum atomic E-state index is -0.479. The number of halogens is 1. The van der Waals surface area contributed by atoms with Crippen LogP contribution in [0.4, 0.5) is 10.1 Å². The highest BCUT2D eigenvalue weighted by molar-refractivity contribution is 5.48. The number of rotatable bonds is 5. The zero-order valence-electron chi connectivity index (χ0n) is 11.4. The summed E-state index contributed by atoms with van der Waals surface area (Å²) in [7, 11) is 0. The van der Waals surface area contributed by atoms with E-state index in [0.29, 0.717) is 5.69 Å². The number of hydrogen-bond donors (Lipinski definition) is 1. The zero-order chi connectivity index (χ0) is 14.4. The van der Waals surface area contributed by atoms with E-state index in [1.54, 1.807) is 6.07 Å². The first-order valence-corrected chi connectivity index (χ1v) is 6.69. The standard InChI is InChI=1S/C17H17FN2/c1-13(7-8-14-5-3-2-4-6-14)20-16-10-9-15(12-19)17(18)11-16/h2-6,9-11,13,20H,7-8H2,1H3. The number of hydrogen-bond acceptors (Lipinski definition) is 2. The number of nitrogens with one attached hydrogen (secondary N) is 1. The number of nitriles is 1. The molecule has 0 saturated heterocycles. The summed E-state index contributed by atoms with van der Waals surface area (Å²) in [5.41, 5.74) is 2.08. The average molecular weight is 268 g/mol. The van der Waals surface area contributed by atoms with Gasteiger partial charge in [0.15, 0.2) is 0 Å². The fourth-order valence-electron chi connectivity index (χ4n) is 2.08. The van der Waals surface area contributed by atoms with Crippen LogP contribution < -0.4 is 5.32 Å². The number of aryl methyl sites for hydroxylation is 1. The lowest BCUT2D eigenvalue weighted by atomic mass is 10.1. The predicted octanol–water partition coefficient (Wildman–Crippen LogP) is 4.13. The molecule has 1 N–H and O–H groups in total. The Hall–Kier alpha value is -2.34. The fourth-order valence-corrected chi connectivity index (χ4v) is 2.08. The van der Waals surface area contributed by atoms with Crippen molar-refractivity contribution in [3.05, 3.63) is 65.5 Å². The molecule has 2 aromatic carbocycles. The highest BCUT2D eigenvalue weighted by Gasteiger charge is 2.06. The Balaban J connectivity index is 1.90. The van der Waals surface area contributed by atoms with Crippen molar-refractivity contribution in [2.75, 3.05) is 5.32 Å². The van der Waals surface area contributed by atoms with Crippen LogP contribution in [0.1, 0.15) is 24.5 Å². The maximum Gasteiger partial charge on any atom is 0.143 e. The highest BCUT2D eigenvalue weighted by atomic mass is 19.1. The zero-order valence-corrected chi connectivity index (χ0v) is 11.4. The summed E-state index contributed by atoms with van der Waals surface area (Å²) >= 11 is 0. The molecule has 0 aromatic heterocycles. The highest BCUT2D eigenvalue weighted by Crippen LogP contribution is 2.16. The van der Waals surface area contributed by atoms with Gasteiger partial charge in [0.2, 0.25) is 0 Å². The second-order valence-corrected chi connectivity index (χ2v) is 4.88. The molecule has 0 heterocycles. The maximum atomic E-state index is 13.5. The van der Waals surface area contributed by atoms with Gasteiger partial charge in [-0.1, -0.05) is 30.3 Å². The fraction of sp³-hybridized carbons (Fsp3) is 0.235. The molecule has 0 spiro atoms.